The van der Waals surface area contributed by atoms with Crippen molar-refractivity contribution in [1.82, 2.24) is 9.97 Å². The molecule has 0 aliphatic rings. The number of aromatic nitrogens is 2. The van der Waals surface area contributed by atoms with E-state index in [1.807, 2.05) is 24.3 Å². The molecule has 0 radical (unpaired) electrons. The Hall–Kier alpha value is -1.21. The van der Waals surface area contributed by atoms with Crippen molar-refractivity contribution >= 4 is 44.3 Å². The van der Waals surface area contributed by atoms with Gasteiger partial charge in [-0.05, 0) is 52.9 Å². The van der Waals surface area contributed by atoms with Crippen molar-refractivity contribution in [2.75, 3.05) is 0 Å². The first-order valence-electron chi connectivity index (χ1n) is 4.94. The minimum atomic E-state index is 0.254. The van der Waals surface area contributed by atoms with Crippen LogP contribution >= 0.6 is 33.9 Å². The Labute approximate surface area is 115 Å². The van der Waals surface area contributed by atoms with Gasteiger partial charge in [0.2, 0.25) is 0 Å². The van der Waals surface area contributed by atoms with Crippen molar-refractivity contribution in [2.45, 2.75) is 0 Å². The molecule has 0 saturated carbocycles. The van der Waals surface area contributed by atoms with Gasteiger partial charge in [-0.3, -0.25) is 0 Å². The lowest BCUT2D eigenvalue weighted by Crippen LogP contribution is -1.79. The van der Waals surface area contributed by atoms with Crippen LogP contribution in [0.1, 0.15) is 0 Å². The van der Waals surface area contributed by atoms with Gasteiger partial charge in [-0.2, -0.15) is 0 Å². The third kappa shape index (κ3) is 2.00. The number of phenols is 1. The lowest BCUT2D eigenvalue weighted by Gasteiger charge is -2.00. The number of fused-ring (bicyclic) bond motifs is 1. The summed E-state index contributed by atoms with van der Waals surface area (Å²) in [4.78, 5) is 9.62. The number of hydrogen-bond acceptors (Lipinski definition) is 4. The molecule has 0 bridgehead atoms. The highest BCUT2D eigenvalue weighted by Gasteiger charge is 2.10. The average Bonchev–Trinajstić information content (AvgIpc) is 2.75. The maximum Gasteiger partial charge on any atom is 0.143 e. The molecule has 0 spiro atoms. The summed E-state index contributed by atoms with van der Waals surface area (Å²) in [6.07, 6.45) is 1.75. The van der Waals surface area contributed by atoms with Crippen molar-refractivity contribution in [3.8, 4) is 16.3 Å². The van der Waals surface area contributed by atoms with E-state index < -0.39 is 0 Å². The molecule has 2 aromatic heterocycles. The number of rotatable bonds is 1. The molecule has 3 nitrogen and oxygen atoms in total. The van der Waals surface area contributed by atoms with Gasteiger partial charge in [-0.25, -0.2) is 9.97 Å². The molecule has 0 aliphatic heterocycles. The second-order valence-corrected chi connectivity index (χ2v) is 5.73. The first kappa shape index (κ1) is 10.9. The van der Waals surface area contributed by atoms with E-state index in [0.29, 0.717) is 0 Å². The predicted octanol–water partition coefficient (Wildman–Crippen LogP) is 3.67. The summed E-state index contributed by atoms with van der Waals surface area (Å²) in [6.45, 7) is 0. The molecule has 5 heteroatoms. The summed E-state index contributed by atoms with van der Waals surface area (Å²) in [6, 6.07) is 9.27. The molecular weight excluding hydrogens is 347 g/mol. The molecule has 3 aromatic rings. The van der Waals surface area contributed by atoms with Crippen molar-refractivity contribution in [3.05, 3.63) is 40.1 Å². The summed E-state index contributed by atoms with van der Waals surface area (Å²) in [5.74, 6) is 0.254. The Bertz CT molecular complexity index is 663. The van der Waals surface area contributed by atoms with Crippen LogP contribution in [0.3, 0.4) is 0 Å². The summed E-state index contributed by atoms with van der Waals surface area (Å²) in [7, 11) is 0. The fourth-order valence-electron chi connectivity index (χ4n) is 1.56. The zero-order valence-corrected chi connectivity index (χ0v) is 11.6. The minimum Gasteiger partial charge on any atom is -0.507 e. The van der Waals surface area contributed by atoms with Crippen molar-refractivity contribution in [2.24, 2.45) is 0 Å². The van der Waals surface area contributed by atoms with E-state index in [2.05, 4.69) is 32.6 Å². The first-order valence-corrected chi connectivity index (χ1v) is 6.84. The Morgan fingerprint density at radius 1 is 1.24 bits per heavy atom. The molecule has 0 atom stereocenters. The Morgan fingerprint density at radius 3 is 2.94 bits per heavy atom. The summed E-state index contributed by atoms with van der Waals surface area (Å²) >= 11 is 3.71. The number of halogens is 1. The van der Waals surface area contributed by atoms with Crippen molar-refractivity contribution < 1.29 is 5.11 Å². The monoisotopic (exact) mass is 354 g/mol. The third-order valence-electron chi connectivity index (χ3n) is 2.36. The van der Waals surface area contributed by atoms with Crippen LogP contribution in [0.2, 0.25) is 0 Å². The van der Waals surface area contributed by atoms with E-state index in [9.17, 15) is 5.11 Å². The fourth-order valence-corrected chi connectivity index (χ4v) is 2.99. The van der Waals surface area contributed by atoms with Crippen LogP contribution in [-0.4, -0.2) is 15.1 Å². The van der Waals surface area contributed by atoms with Crippen LogP contribution in [0.15, 0.2) is 36.5 Å². The molecule has 0 fully saturated rings. The number of nitrogens with zero attached hydrogens (tertiary/aromatic N) is 2. The molecule has 0 saturated heterocycles. The first-order chi connectivity index (χ1) is 8.24. The SMILES string of the molecule is Oc1ccc(I)cc1-c1nc2cccnc2s1. The van der Waals surface area contributed by atoms with Gasteiger partial charge < -0.3 is 5.11 Å². The van der Waals surface area contributed by atoms with E-state index in [1.54, 1.807) is 12.3 Å². The van der Waals surface area contributed by atoms with Gasteiger partial charge in [-0.15, -0.1) is 0 Å². The lowest BCUT2D eigenvalue weighted by molar-refractivity contribution is 0.477. The topological polar surface area (TPSA) is 46.0 Å². The van der Waals surface area contributed by atoms with Crippen LogP contribution in [0.5, 0.6) is 5.75 Å². The van der Waals surface area contributed by atoms with Crippen LogP contribution in [0.4, 0.5) is 0 Å². The Morgan fingerprint density at radius 2 is 2.12 bits per heavy atom. The highest BCUT2D eigenvalue weighted by Crippen LogP contribution is 2.35. The van der Waals surface area contributed by atoms with E-state index >= 15 is 0 Å². The highest BCUT2D eigenvalue weighted by atomic mass is 127. The van der Waals surface area contributed by atoms with Crippen LogP contribution in [0, 0.1) is 3.57 Å². The number of thiazole rings is 1. The standard InChI is InChI=1S/C12H7IN2OS/c13-7-3-4-10(16)8(6-7)11-15-9-2-1-5-14-12(9)17-11/h1-6,16H. The maximum absolute atomic E-state index is 9.86. The van der Waals surface area contributed by atoms with Gasteiger partial charge in [0.25, 0.3) is 0 Å². The van der Waals surface area contributed by atoms with Gasteiger partial charge in [0, 0.05) is 9.77 Å². The Kier molecular flexibility index (Phi) is 2.71. The van der Waals surface area contributed by atoms with Crippen molar-refractivity contribution in [1.29, 1.82) is 0 Å². The zero-order chi connectivity index (χ0) is 11.8. The predicted molar refractivity (Wildman–Crippen MR) is 77.2 cm³/mol. The number of pyridine rings is 1. The smallest absolute Gasteiger partial charge is 0.143 e. The third-order valence-corrected chi connectivity index (χ3v) is 4.04. The van der Waals surface area contributed by atoms with Crippen LogP contribution in [-0.2, 0) is 0 Å². The number of benzene rings is 1. The van der Waals surface area contributed by atoms with Gasteiger partial charge in [-0.1, -0.05) is 11.3 Å². The highest BCUT2D eigenvalue weighted by molar-refractivity contribution is 14.1. The van der Waals surface area contributed by atoms with E-state index in [1.165, 1.54) is 11.3 Å². The fraction of sp³-hybridized carbons (Fsp3) is 0. The second kappa shape index (κ2) is 4.23. The molecule has 1 N–H and O–H groups in total. The Balaban J connectivity index is 2.23. The molecule has 84 valence electrons. The molecule has 0 aliphatic carbocycles. The minimum absolute atomic E-state index is 0.254. The van der Waals surface area contributed by atoms with E-state index in [4.69, 9.17) is 0 Å². The van der Waals surface area contributed by atoms with Crippen LogP contribution in [0.25, 0.3) is 20.9 Å². The molecule has 0 amide bonds. The molecule has 1 aromatic carbocycles. The van der Waals surface area contributed by atoms with E-state index in [-0.39, 0.29) is 5.75 Å². The molecule has 3 rings (SSSR count). The van der Waals surface area contributed by atoms with Crippen molar-refractivity contribution in [3.63, 3.8) is 0 Å². The zero-order valence-electron chi connectivity index (χ0n) is 8.59. The molecule has 0 unspecified atom stereocenters. The molecule has 2 heterocycles. The molecule has 17 heavy (non-hydrogen) atoms. The quantitative estimate of drug-likeness (QED) is 0.679. The number of phenolic OH excluding ortho intramolecular Hbond substituents is 1. The van der Waals surface area contributed by atoms with Gasteiger partial charge in [0.15, 0.2) is 0 Å². The summed E-state index contributed by atoms with van der Waals surface area (Å²) in [5, 5.41) is 10.7. The second-order valence-electron chi connectivity index (χ2n) is 3.51. The molecular formula is C12H7IN2OS. The number of hydrogen-bond donors (Lipinski definition) is 1. The summed E-state index contributed by atoms with van der Waals surface area (Å²) < 4.78 is 1.07. The average molecular weight is 354 g/mol. The van der Waals surface area contributed by atoms with E-state index in [0.717, 1.165) is 24.5 Å². The van der Waals surface area contributed by atoms with Gasteiger partial charge in [0.05, 0.1) is 5.56 Å². The normalized spacial score (nSPS) is 10.9. The summed E-state index contributed by atoms with van der Waals surface area (Å²) in [5.41, 5.74) is 1.63. The van der Waals surface area contributed by atoms with Crippen LogP contribution < -0.4 is 0 Å². The maximum atomic E-state index is 9.86. The van der Waals surface area contributed by atoms with Gasteiger partial charge >= 0.3 is 0 Å². The lowest BCUT2D eigenvalue weighted by atomic mass is 10.2. The largest absolute Gasteiger partial charge is 0.507 e. The van der Waals surface area contributed by atoms with Gasteiger partial charge in [0.1, 0.15) is 21.1 Å². The number of aromatic hydroxyl groups is 1.